The van der Waals surface area contributed by atoms with Gasteiger partial charge < -0.3 is 15.2 Å². The molecule has 0 amide bonds. The zero-order chi connectivity index (χ0) is 14.4. The van der Waals surface area contributed by atoms with Crippen LogP contribution in [0.25, 0.3) is 0 Å². The molecule has 20 heavy (non-hydrogen) atoms. The van der Waals surface area contributed by atoms with Crippen molar-refractivity contribution < 1.29 is 14.6 Å². The number of phenols is 1. The van der Waals surface area contributed by atoms with Crippen molar-refractivity contribution in [2.75, 3.05) is 19.0 Å². The van der Waals surface area contributed by atoms with E-state index in [0.29, 0.717) is 12.4 Å². The number of ether oxygens (including phenoxy) is 1. The lowest BCUT2D eigenvalue weighted by Gasteiger charge is -2.06. The zero-order valence-electron chi connectivity index (χ0n) is 11.0. The van der Waals surface area contributed by atoms with Crippen LogP contribution in [0.15, 0.2) is 36.7 Å². The molecule has 1 heterocycles. The summed E-state index contributed by atoms with van der Waals surface area (Å²) in [6.45, 7) is 0.678. The van der Waals surface area contributed by atoms with Crippen LogP contribution >= 0.6 is 0 Å². The van der Waals surface area contributed by atoms with Gasteiger partial charge in [-0.05, 0) is 24.1 Å². The lowest BCUT2D eigenvalue weighted by Crippen LogP contribution is -2.09. The molecule has 2 aromatic rings. The van der Waals surface area contributed by atoms with Crippen LogP contribution in [-0.4, -0.2) is 34.7 Å². The summed E-state index contributed by atoms with van der Waals surface area (Å²) in [5.74, 6) is 0.343. The first-order chi connectivity index (χ1) is 9.69. The van der Waals surface area contributed by atoms with Gasteiger partial charge in [-0.15, -0.1) is 0 Å². The molecule has 0 aliphatic carbocycles. The number of nitrogens with one attached hydrogen (secondary N) is 1. The van der Waals surface area contributed by atoms with Gasteiger partial charge in [0.1, 0.15) is 11.6 Å². The number of carbonyl (C=O) groups is 1. The number of phenolic OH excluding ortho intramolecular Hbond substituents is 1. The van der Waals surface area contributed by atoms with E-state index in [1.54, 1.807) is 12.1 Å². The standard InChI is InChI=1S/C14H15N3O3/c1-20-14(19)12-8-17-13(9-16-12)15-7-6-10-2-4-11(18)5-3-10/h2-5,8-9,18H,6-7H2,1H3,(H,15,17). The third kappa shape index (κ3) is 3.68. The van der Waals surface area contributed by atoms with Crippen molar-refractivity contribution in [3.8, 4) is 5.75 Å². The van der Waals surface area contributed by atoms with Gasteiger partial charge in [-0.25, -0.2) is 14.8 Å². The highest BCUT2D eigenvalue weighted by atomic mass is 16.5. The van der Waals surface area contributed by atoms with Crippen molar-refractivity contribution in [1.82, 2.24) is 9.97 Å². The van der Waals surface area contributed by atoms with Crippen LogP contribution in [0, 0.1) is 0 Å². The Morgan fingerprint density at radius 2 is 2.00 bits per heavy atom. The van der Waals surface area contributed by atoms with Crippen LogP contribution in [0.3, 0.4) is 0 Å². The molecule has 0 bridgehead atoms. The second-order valence-electron chi connectivity index (χ2n) is 4.12. The largest absolute Gasteiger partial charge is 0.508 e. The van der Waals surface area contributed by atoms with Gasteiger partial charge in [0.25, 0.3) is 0 Å². The van der Waals surface area contributed by atoms with E-state index in [1.165, 1.54) is 19.5 Å². The first kappa shape index (κ1) is 13.8. The van der Waals surface area contributed by atoms with E-state index in [4.69, 9.17) is 0 Å². The molecule has 0 radical (unpaired) electrons. The summed E-state index contributed by atoms with van der Waals surface area (Å²) in [6, 6.07) is 7.03. The molecule has 0 saturated carbocycles. The number of aromatic nitrogens is 2. The minimum Gasteiger partial charge on any atom is -0.508 e. The van der Waals surface area contributed by atoms with E-state index >= 15 is 0 Å². The molecule has 2 rings (SSSR count). The van der Waals surface area contributed by atoms with E-state index in [9.17, 15) is 9.90 Å². The molecule has 6 nitrogen and oxygen atoms in total. The van der Waals surface area contributed by atoms with Crippen molar-refractivity contribution in [2.45, 2.75) is 6.42 Å². The van der Waals surface area contributed by atoms with Crippen LogP contribution in [0.4, 0.5) is 5.82 Å². The second-order valence-corrected chi connectivity index (χ2v) is 4.12. The quantitative estimate of drug-likeness (QED) is 0.805. The Labute approximate surface area is 116 Å². The highest BCUT2D eigenvalue weighted by Crippen LogP contribution is 2.10. The molecule has 0 unspecified atom stereocenters. The van der Waals surface area contributed by atoms with Crippen LogP contribution in [0.2, 0.25) is 0 Å². The number of rotatable bonds is 5. The maximum atomic E-state index is 11.2. The van der Waals surface area contributed by atoms with Gasteiger partial charge in [-0.3, -0.25) is 0 Å². The lowest BCUT2D eigenvalue weighted by atomic mass is 10.1. The van der Waals surface area contributed by atoms with E-state index in [1.807, 2.05) is 12.1 Å². The Kier molecular flexibility index (Phi) is 4.49. The number of esters is 1. The minimum atomic E-state index is -0.506. The van der Waals surface area contributed by atoms with Gasteiger partial charge in [-0.1, -0.05) is 12.1 Å². The summed E-state index contributed by atoms with van der Waals surface area (Å²) in [6.07, 6.45) is 3.65. The fraction of sp³-hybridized carbons (Fsp3) is 0.214. The molecule has 0 aliphatic rings. The van der Waals surface area contributed by atoms with Gasteiger partial charge in [0, 0.05) is 6.54 Å². The number of anilines is 1. The molecule has 0 atom stereocenters. The SMILES string of the molecule is COC(=O)c1cnc(NCCc2ccc(O)cc2)cn1. The zero-order valence-corrected chi connectivity index (χ0v) is 11.0. The Hall–Kier alpha value is -2.63. The predicted molar refractivity (Wildman–Crippen MR) is 73.7 cm³/mol. The molecule has 2 N–H and O–H groups in total. The number of hydrogen-bond acceptors (Lipinski definition) is 6. The number of hydrogen-bond donors (Lipinski definition) is 2. The molecule has 0 saturated heterocycles. The van der Waals surface area contributed by atoms with E-state index < -0.39 is 5.97 Å². The monoisotopic (exact) mass is 273 g/mol. The maximum Gasteiger partial charge on any atom is 0.358 e. The lowest BCUT2D eigenvalue weighted by molar-refractivity contribution is 0.0593. The molecule has 1 aromatic carbocycles. The van der Waals surface area contributed by atoms with E-state index in [2.05, 4.69) is 20.0 Å². The molecule has 0 fully saturated rings. The van der Waals surface area contributed by atoms with Crippen molar-refractivity contribution in [1.29, 1.82) is 0 Å². The van der Waals surface area contributed by atoms with Crippen molar-refractivity contribution in [3.05, 3.63) is 47.9 Å². The summed E-state index contributed by atoms with van der Waals surface area (Å²) >= 11 is 0. The Balaban J connectivity index is 1.85. The molecule has 1 aromatic heterocycles. The summed E-state index contributed by atoms with van der Waals surface area (Å²) < 4.78 is 4.54. The number of nitrogens with zero attached hydrogens (tertiary/aromatic N) is 2. The fourth-order valence-corrected chi connectivity index (χ4v) is 1.63. The fourth-order valence-electron chi connectivity index (χ4n) is 1.63. The summed E-state index contributed by atoms with van der Waals surface area (Å²) in [7, 11) is 1.30. The topological polar surface area (TPSA) is 84.3 Å². The predicted octanol–water partition coefficient (Wildman–Crippen LogP) is 1.62. The summed E-state index contributed by atoms with van der Waals surface area (Å²) in [5, 5.41) is 12.3. The third-order valence-electron chi connectivity index (χ3n) is 2.70. The van der Waals surface area contributed by atoms with Gasteiger partial charge >= 0.3 is 5.97 Å². The highest BCUT2D eigenvalue weighted by Gasteiger charge is 2.06. The molecule has 0 spiro atoms. The smallest absolute Gasteiger partial charge is 0.358 e. The highest BCUT2D eigenvalue weighted by molar-refractivity contribution is 5.86. The average molecular weight is 273 g/mol. The number of aromatic hydroxyl groups is 1. The number of benzene rings is 1. The maximum absolute atomic E-state index is 11.2. The van der Waals surface area contributed by atoms with Crippen molar-refractivity contribution in [3.63, 3.8) is 0 Å². The normalized spacial score (nSPS) is 10.1. The molecular weight excluding hydrogens is 258 g/mol. The molecule has 6 heteroatoms. The summed E-state index contributed by atoms with van der Waals surface area (Å²) in [5.41, 5.74) is 1.28. The minimum absolute atomic E-state index is 0.177. The average Bonchev–Trinajstić information content (AvgIpc) is 2.49. The molecule has 0 aliphatic heterocycles. The van der Waals surface area contributed by atoms with Crippen molar-refractivity contribution in [2.24, 2.45) is 0 Å². The Bertz CT molecular complexity index is 567. The van der Waals surface area contributed by atoms with Crippen LogP contribution in [0.5, 0.6) is 5.75 Å². The Morgan fingerprint density at radius 3 is 2.60 bits per heavy atom. The first-order valence-electron chi connectivity index (χ1n) is 6.11. The molecule has 104 valence electrons. The molecular formula is C14H15N3O3. The number of methoxy groups -OCH3 is 1. The van der Waals surface area contributed by atoms with Gasteiger partial charge in [0.05, 0.1) is 19.5 Å². The van der Waals surface area contributed by atoms with Gasteiger partial charge in [0.15, 0.2) is 5.69 Å². The van der Waals surface area contributed by atoms with Crippen LogP contribution in [-0.2, 0) is 11.2 Å². The Morgan fingerprint density at radius 1 is 1.25 bits per heavy atom. The van der Waals surface area contributed by atoms with E-state index in [0.717, 1.165) is 12.0 Å². The van der Waals surface area contributed by atoms with Gasteiger partial charge in [0.2, 0.25) is 0 Å². The number of carbonyl (C=O) groups excluding carboxylic acids is 1. The van der Waals surface area contributed by atoms with Crippen LogP contribution in [0.1, 0.15) is 16.1 Å². The van der Waals surface area contributed by atoms with E-state index in [-0.39, 0.29) is 11.4 Å². The second kappa shape index (κ2) is 6.51. The summed E-state index contributed by atoms with van der Waals surface area (Å²) in [4.78, 5) is 19.2. The first-order valence-corrected chi connectivity index (χ1v) is 6.11. The van der Waals surface area contributed by atoms with Crippen molar-refractivity contribution >= 4 is 11.8 Å². The van der Waals surface area contributed by atoms with Crippen LogP contribution < -0.4 is 5.32 Å². The third-order valence-corrected chi connectivity index (χ3v) is 2.70. The van der Waals surface area contributed by atoms with Gasteiger partial charge in [-0.2, -0.15) is 0 Å².